The second-order valence-electron chi connectivity index (χ2n) is 7.26. The largest absolute Gasteiger partial charge is 0.324 e. The number of fused-ring (bicyclic) bond motifs is 1. The first-order valence-corrected chi connectivity index (χ1v) is 9.56. The van der Waals surface area contributed by atoms with E-state index in [9.17, 15) is 9.18 Å². The van der Waals surface area contributed by atoms with Crippen LogP contribution in [-0.4, -0.2) is 15.3 Å². The highest BCUT2D eigenvalue weighted by molar-refractivity contribution is 5.91. The van der Waals surface area contributed by atoms with Crippen molar-refractivity contribution in [2.75, 3.05) is 5.32 Å². The van der Waals surface area contributed by atoms with Crippen molar-refractivity contribution < 1.29 is 9.18 Å². The smallest absolute Gasteiger partial charge is 0.225 e. The quantitative estimate of drug-likeness (QED) is 0.508. The van der Waals surface area contributed by atoms with Gasteiger partial charge in [0.1, 0.15) is 11.5 Å². The van der Waals surface area contributed by atoms with Gasteiger partial charge in [-0.25, -0.2) is 9.37 Å². The number of hydrogen-bond donors (Lipinski definition) is 1. The fourth-order valence-corrected chi connectivity index (χ4v) is 3.66. The molecule has 0 fully saturated rings. The van der Waals surface area contributed by atoms with Gasteiger partial charge in [0.15, 0.2) is 0 Å². The molecule has 146 valence electrons. The molecule has 0 aliphatic rings. The Morgan fingerprint density at radius 1 is 1.10 bits per heavy atom. The van der Waals surface area contributed by atoms with Crippen molar-refractivity contribution in [2.45, 2.75) is 26.2 Å². The van der Waals surface area contributed by atoms with Crippen molar-refractivity contribution in [3.8, 4) is 0 Å². The number of imidazole rings is 1. The van der Waals surface area contributed by atoms with Crippen LogP contribution in [0.2, 0.25) is 0 Å². The van der Waals surface area contributed by atoms with E-state index in [0.717, 1.165) is 28.0 Å². The number of pyridine rings is 1. The molecule has 0 aliphatic heterocycles. The van der Waals surface area contributed by atoms with Crippen LogP contribution in [-0.2, 0) is 4.79 Å². The summed E-state index contributed by atoms with van der Waals surface area (Å²) >= 11 is 0. The monoisotopic (exact) mass is 387 g/mol. The Morgan fingerprint density at radius 2 is 1.86 bits per heavy atom. The average molecular weight is 387 g/mol. The molecule has 2 aromatic heterocycles. The third-order valence-electron chi connectivity index (χ3n) is 5.16. The van der Waals surface area contributed by atoms with E-state index >= 15 is 0 Å². The molecule has 1 N–H and O–H groups in total. The van der Waals surface area contributed by atoms with Crippen molar-refractivity contribution >= 4 is 17.2 Å². The van der Waals surface area contributed by atoms with Crippen LogP contribution in [0.4, 0.5) is 10.1 Å². The molecule has 1 amide bonds. The van der Waals surface area contributed by atoms with E-state index in [1.54, 1.807) is 18.2 Å². The zero-order valence-corrected chi connectivity index (χ0v) is 16.4. The summed E-state index contributed by atoms with van der Waals surface area (Å²) in [6.07, 6.45) is 3.98. The number of amides is 1. The topological polar surface area (TPSA) is 46.4 Å². The molecular formula is C24H22FN3O. The standard InChI is InChI=1S/C24H22FN3O/c1-16-11-12-28-22(15-26-23(28)13-16)19(18-8-4-3-7-17(18)2)14-24(29)27-21-10-6-5-9-20(21)25/h3-13,15,19H,14H2,1-2H3,(H,27,29). The number of hydrogen-bond acceptors (Lipinski definition) is 2. The molecule has 0 radical (unpaired) electrons. The summed E-state index contributed by atoms with van der Waals surface area (Å²) in [4.78, 5) is 17.4. The highest BCUT2D eigenvalue weighted by atomic mass is 19.1. The molecule has 2 aromatic carbocycles. The van der Waals surface area contributed by atoms with Crippen LogP contribution in [0.5, 0.6) is 0 Å². The second kappa shape index (κ2) is 7.87. The maximum absolute atomic E-state index is 14.0. The zero-order valence-electron chi connectivity index (χ0n) is 16.4. The highest BCUT2D eigenvalue weighted by Gasteiger charge is 2.23. The predicted octanol–water partition coefficient (Wildman–Crippen LogP) is 5.25. The molecule has 0 bridgehead atoms. The van der Waals surface area contributed by atoms with E-state index < -0.39 is 5.82 Å². The fraction of sp³-hybridized carbons (Fsp3) is 0.167. The molecular weight excluding hydrogens is 365 g/mol. The van der Waals surface area contributed by atoms with Gasteiger partial charge in [-0.15, -0.1) is 0 Å². The highest BCUT2D eigenvalue weighted by Crippen LogP contribution is 2.31. The molecule has 4 nitrogen and oxygen atoms in total. The minimum atomic E-state index is -0.446. The Balaban J connectivity index is 1.72. The summed E-state index contributed by atoms with van der Waals surface area (Å²) in [6, 6.07) is 18.2. The number of rotatable bonds is 5. The maximum atomic E-state index is 14.0. The normalized spacial score (nSPS) is 12.1. The van der Waals surface area contributed by atoms with Crippen LogP contribution >= 0.6 is 0 Å². The minimum Gasteiger partial charge on any atom is -0.324 e. The van der Waals surface area contributed by atoms with Gasteiger partial charge in [-0.05, 0) is 54.8 Å². The number of carbonyl (C=O) groups excluding carboxylic acids is 1. The fourth-order valence-electron chi connectivity index (χ4n) is 3.66. The number of nitrogens with one attached hydrogen (secondary N) is 1. The van der Waals surface area contributed by atoms with Crippen molar-refractivity contribution in [3.05, 3.63) is 101 Å². The first-order valence-electron chi connectivity index (χ1n) is 9.56. The van der Waals surface area contributed by atoms with Crippen molar-refractivity contribution in [1.82, 2.24) is 9.38 Å². The van der Waals surface area contributed by atoms with Gasteiger partial charge in [-0.1, -0.05) is 36.4 Å². The molecule has 4 aromatic rings. The van der Waals surface area contributed by atoms with Crippen molar-refractivity contribution in [2.24, 2.45) is 0 Å². The van der Waals surface area contributed by atoms with Gasteiger partial charge in [-0.3, -0.25) is 4.79 Å². The molecule has 1 atom stereocenters. The van der Waals surface area contributed by atoms with Crippen LogP contribution in [0.1, 0.15) is 34.7 Å². The lowest BCUT2D eigenvalue weighted by Crippen LogP contribution is -2.18. The number of aryl methyl sites for hydroxylation is 2. The van der Waals surface area contributed by atoms with E-state index in [4.69, 9.17) is 0 Å². The Bertz CT molecular complexity index is 1180. The number of carbonyl (C=O) groups is 1. The Kier molecular flexibility index (Phi) is 5.12. The number of halogens is 1. The Morgan fingerprint density at radius 3 is 2.66 bits per heavy atom. The van der Waals surface area contributed by atoms with E-state index in [2.05, 4.69) is 10.3 Å². The van der Waals surface area contributed by atoms with Crippen LogP contribution in [0.25, 0.3) is 5.65 Å². The number of para-hydroxylation sites is 1. The third kappa shape index (κ3) is 3.90. The number of anilines is 1. The molecule has 29 heavy (non-hydrogen) atoms. The molecule has 0 aliphatic carbocycles. The van der Waals surface area contributed by atoms with Crippen LogP contribution in [0.15, 0.2) is 73.1 Å². The summed E-state index contributed by atoms with van der Waals surface area (Å²) in [6.45, 7) is 4.06. The third-order valence-corrected chi connectivity index (χ3v) is 5.16. The first-order chi connectivity index (χ1) is 14.0. The van der Waals surface area contributed by atoms with Crippen molar-refractivity contribution in [1.29, 1.82) is 0 Å². The minimum absolute atomic E-state index is 0.181. The van der Waals surface area contributed by atoms with Crippen LogP contribution in [0.3, 0.4) is 0 Å². The SMILES string of the molecule is Cc1ccn2c(C(CC(=O)Nc3ccccc3F)c3ccccc3C)cnc2c1. The number of aromatic nitrogens is 2. The lowest BCUT2D eigenvalue weighted by Gasteiger charge is -2.19. The molecule has 0 spiro atoms. The molecule has 4 rings (SSSR count). The van der Waals surface area contributed by atoms with Gasteiger partial charge in [0.2, 0.25) is 5.91 Å². The summed E-state index contributed by atoms with van der Waals surface area (Å²) in [5.74, 6) is -0.898. The molecule has 5 heteroatoms. The van der Waals surface area contributed by atoms with Gasteiger partial charge >= 0.3 is 0 Å². The van der Waals surface area contributed by atoms with Crippen LogP contribution < -0.4 is 5.32 Å². The Hall–Kier alpha value is -3.47. The summed E-state index contributed by atoms with van der Waals surface area (Å²) < 4.78 is 16.0. The zero-order chi connectivity index (χ0) is 20.4. The molecule has 1 unspecified atom stereocenters. The van der Waals surface area contributed by atoms with Gasteiger partial charge < -0.3 is 9.72 Å². The van der Waals surface area contributed by atoms with E-state index in [-0.39, 0.29) is 23.9 Å². The van der Waals surface area contributed by atoms with Gasteiger partial charge in [-0.2, -0.15) is 0 Å². The van der Waals surface area contributed by atoms with Gasteiger partial charge in [0.05, 0.1) is 11.4 Å². The summed E-state index contributed by atoms with van der Waals surface area (Å²) in [5, 5.41) is 2.71. The predicted molar refractivity (Wildman–Crippen MR) is 113 cm³/mol. The van der Waals surface area contributed by atoms with Crippen molar-refractivity contribution in [3.63, 3.8) is 0 Å². The lowest BCUT2D eigenvalue weighted by molar-refractivity contribution is -0.116. The van der Waals surface area contributed by atoms with E-state index in [1.807, 2.05) is 67.0 Å². The van der Waals surface area contributed by atoms with Gasteiger partial charge in [0.25, 0.3) is 0 Å². The van der Waals surface area contributed by atoms with E-state index in [1.165, 1.54) is 6.07 Å². The first kappa shape index (κ1) is 18.9. The molecule has 0 saturated carbocycles. The van der Waals surface area contributed by atoms with E-state index in [0.29, 0.717) is 0 Å². The Labute approximate surface area is 169 Å². The number of nitrogens with zero attached hydrogens (tertiary/aromatic N) is 2. The summed E-state index contributed by atoms with van der Waals surface area (Å²) in [7, 11) is 0. The second-order valence-corrected chi connectivity index (χ2v) is 7.26. The molecule has 2 heterocycles. The summed E-state index contributed by atoms with van der Waals surface area (Å²) in [5.41, 5.74) is 5.23. The number of benzene rings is 2. The maximum Gasteiger partial charge on any atom is 0.225 e. The molecule has 0 saturated heterocycles. The van der Waals surface area contributed by atoms with Crippen LogP contribution in [0, 0.1) is 19.7 Å². The average Bonchev–Trinajstić information content (AvgIpc) is 3.11. The lowest BCUT2D eigenvalue weighted by atomic mass is 9.89. The van der Waals surface area contributed by atoms with Gasteiger partial charge in [0, 0.05) is 24.7 Å².